The average Bonchev–Trinajstić information content (AvgIpc) is 2.48. The molecule has 0 saturated carbocycles. The summed E-state index contributed by atoms with van der Waals surface area (Å²) in [6, 6.07) is 6.44. The largest absolute Gasteiger partial charge is 0.492 e. The molecule has 6 nitrogen and oxygen atoms in total. The normalized spacial score (nSPS) is 11.8. The third-order valence-corrected chi connectivity index (χ3v) is 4.78. The SMILES string of the molecule is CCOCCN(C)S(=O)(=O)c1ccc(OCCNC)cc1. The molecule has 0 aliphatic heterocycles. The van der Waals surface area contributed by atoms with E-state index >= 15 is 0 Å². The summed E-state index contributed by atoms with van der Waals surface area (Å²) in [6.07, 6.45) is 0. The van der Waals surface area contributed by atoms with Gasteiger partial charge in [-0.2, -0.15) is 4.31 Å². The maximum atomic E-state index is 12.3. The van der Waals surface area contributed by atoms with Crippen LogP contribution in [0.3, 0.4) is 0 Å². The van der Waals surface area contributed by atoms with Gasteiger partial charge >= 0.3 is 0 Å². The molecule has 1 aromatic rings. The zero-order valence-electron chi connectivity index (χ0n) is 12.8. The Morgan fingerprint density at radius 2 is 1.86 bits per heavy atom. The van der Waals surface area contributed by atoms with Crippen molar-refractivity contribution in [2.24, 2.45) is 0 Å². The van der Waals surface area contributed by atoms with Gasteiger partial charge in [0.1, 0.15) is 12.4 Å². The summed E-state index contributed by atoms with van der Waals surface area (Å²) in [7, 11) is -0.0843. The first kappa shape index (κ1) is 17.9. The van der Waals surface area contributed by atoms with Crippen molar-refractivity contribution in [3.63, 3.8) is 0 Å². The molecule has 21 heavy (non-hydrogen) atoms. The molecule has 1 N–H and O–H groups in total. The zero-order chi connectivity index (χ0) is 15.7. The predicted molar refractivity (Wildman–Crippen MR) is 82.2 cm³/mol. The maximum absolute atomic E-state index is 12.3. The number of hydrogen-bond donors (Lipinski definition) is 1. The van der Waals surface area contributed by atoms with Crippen LogP contribution < -0.4 is 10.1 Å². The Labute approximate surface area is 127 Å². The van der Waals surface area contributed by atoms with Gasteiger partial charge in [0.25, 0.3) is 0 Å². The summed E-state index contributed by atoms with van der Waals surface area (Å²) in [5.74, 6) is 0.654. The van der Waals surface area contributed by atoms with E-state index in [1.165, 1.54) is 4.31 Å². The van der Waals surface area contributed by atoms with Crippen molar-refractivity contribution in [2.45, 2.75) is 11.8 Å². The van der Waals surface area contributed by atoms with Gasteiger partial charge in [0.05, 0.1) is 11.5 Å². The Hall–Kier alpha value is -1.15. The first-order chi connectivity index (χ1) is 10.0. The van der Waals surface area contributed by atoms with Crippen LogP contribution in [-0.2, 0) is 14.8 Å². The third-order valence-electron chi connectivity index (χ3n) is 2.91. The van der Waals surface area contributed by atoms with E-state index in [9.17, 15) is 8.42 Å². The van der Waals surface area contributed by atoms with Crippen LogP contribution in [0.25, 0.3) is 0 Å². The van der Waals surface area contributed by atoms with E-state index in [0.717, 1.165) is 6.54 Å². The maximum Gasteiger partial charge on any atom is 0.242 e. The van der Waals surface area contributed by atoms with E-state index in [1.54, 1.807) is 31.3 Å². The minimum absolute atomic E-state index is 0.252. The fourth-order valence-electron chi connectivity index (χ4n) is 1.62. The first-order valence-electron chi connectivity index (χ1n) is 6.94. The molecule has 0 radical (unpaired) electrons. The highest BCUT2D eigenvalue weighted by molar-refractivity contribution is 7.89. The predicted octanol–water partition coefficient (Wildman–Crippen LogP) is 0.942. The summed E-state index contributed by atoms with van der Waals surface area (Å²) in [4.78, 5) is 0.252. The molecule has 0 atom stereocenters. The minimum Gasteiger partial charge on any atom is -0.492 e. The van der Waals surface area contributed by atoms with Crippen molar-refractivity contribution in [3.8, 4) is 5.75 Å². The number of hydrogen-bond acceptors (Lipinski definition) is 5. The molecule has 0 bridgehead atoms. The van der Waals surface area contributed by atoms with Crippen molar-refractivity contribution >= 4 is 10.0 Å². The second-order valence-corrected chi connectivity index (χ2v) is 6.49. The van der Waals surface area contributed by atoms with Crippen molar-refractivity contribution in [1.29, 1.82) is 0 Å². The molecule has 7 heteroatoms. The number of likely N-dealkylation sites (N-methyl/N-ethyl adjacent to an activating group) is 2. The Kier molecular flexibility index (Phi) is 7.66. The van der Waals surface area contributed by atoms with Gasteiger partial charge < -0.3 is 14.8 Å². The molecule has 0 spiro atoms. The van der Waals surface area contributed by atoms with Gasteiger partial charge in [-0.25, -0.2) is 8.42 Å². The lowest BCUT2D eigenvalue weighted by Crippen LogP contribution is -2.30. The number of benzene rings is 1. The first-order valence-corrected chi connectivity index (χ1v) is 8.38. The summed E-state index contributed by atoms with van der Waals surface area (Å²) in [6.45, 7) is 4.44. The van der Waals surface area contributed by atoms with Crippen molar-refractivity contribution in [2.75, 3.05) is 47.0 Å². The highest BCUT2D eigenvalue weighted by Gasteiger charge is 2.20. The van der Waals surface area contributed by atoms with Gasteiger partial charge in [0, 0.05) is 26.7 Å². The highest BCUT2D eigenvalue weighted by atomic mass is 32.2. The molecule has 0 saturated heterocycles. The molecule has 1 aromatic carbocycles. The minimum atomic E-state index is -3.48. The summed E-state index contributed by atoms with van der Waals surface area (Å²) in [5, 5.41) is 2.97. The monoisotopic (exact) mass is 316 g/mol. The van der Waals surface area contributed by atoms with Gasteiger partial charge in [0.2, 0.25) is 10.0 Å². The van der Waals surface area contributed by atoms with Gasteiger partial charge in [-0.05, 0) is 38.2 Å². The van der Waals surface area contributed by atoms with Gasteiger partial charge in [0.15, 0.2) is 0 Å². The smallest absolute Gasteiger partial charge is 0.242 e. The topological polar surface area (TPSA) is 67.9 Å². The van der Waals surface area contributed by atoms with E-state index in [0.29, 0.717) is 32.1 Å². The fraction of sp³-hybridized carbons (Fsp3) is 0.571. The fourth-order valence-corrected chi connectivity index (χ4v) is 2.77. The summed E-state index contributed by atoms with van der Waals surface area (Å²) >= 11 is 0. The van der Waals surface area contributed by atoms with Crippen LogP contribution in [0, 0.1) is 0 Å². The molecular weight excluding hydrogens is 292 g/mol. The van der Waals surface area contributed by atoms with Crippen molar-refractivity contribution < 1.29 is 17.9 Å². The molecule has 0 aliphatic rings. The van der Waals surface area contributed by atoms with Crippen molar-refractivity contribution in [1.82, 2.24) is 9.62 Å². The number of nitrogens with zero attached hydrogens (tertiary/aromatic N) is 1. The van der Waals surface area contributed by atoms with E-state index < -0.39 is 10.0 Å². The molecule has 0 unspecified atom stereocenters. The number of rotatable bonds is 10. The van der Waals surface area contributed by atoms with E-state index in [-0.39, 0.29) is 4.90 Å². The van der Waals surface area contributed by atoms with Crippen LogP contribution in [0.2, 0.25) is 0 Å². The lowest BCUT2D eigenvalue weighted by molar-refractivity contribution is 0.138. The lowest BCUT2D eigenvalue weighted by atomic mass is 10.3. The highest BCUT2D eigenvalue weighted by Crippen LogP contribution is 2.18. The summed E-state index contributed by atoms with van der Waals surface area (Å²) < 4.78 is 36.6. The molecule has 1 rings (SSSR count). The number of ether oxygens (including phenoxy) is 2. The standard InChI is InChI=1S/C14H24N2O4S/c1-4-19-12-10-16(3)21(17,18)14-7-5-13(6-8-14)20-11-9-15-2/h5-8,15H,4,9-12H2,1-3H3. The molecule has 0 fully saturated rings. The number of sulfonamides is 1. The zero-order valence-corrected chi connectivity index (χ0v) is 13.6. The second-order valence-electron chi connectivity index (χ2n) is 4.45. The average molecular weight is 316 g/mol. The molecular formula is C14H24N2O4S. The molecule has 0 aliphatic carbocycles. The third kappa shape index (κ3) is 5.62. The Balaban J connectivity index is 2.66. The summed E-state index contributed by atoms with van der Waals surface area (Å²) in [5.41, 5.74) is 0. The van der Waals surface area contributed by atoms with Gasteiger partial charge in [-0.3, -0.25) is 0 Å². The van der Waals surface area contributed by atoms with Crippen LogP contribution >= 0.6 is 0 Å². The molecule has 120 valence electrons. The van der Waals surface area contributed by atoms with E-state index in [4.69, 9.17) is 9.47 Å². The second kappa shape index (κ2) is 8.99. The van der Waals surface area contributed by atoms with Gasteiger partial charge in [-0.1, -0.05) is 0 Å². The number of nitrogens with one attached hydrogen (secondary N) is 1. The van der Waals surface area contributed by atoms with Crippen molar-refractivity contribution in [3.05, 3.63) is 24.3 Å². The van der Waals surface area contributed by atoms with Crippen LogP contribution in [0.5, 0.6) is 5.75 Å². The van der Waals surface area contributed by atoms with E-state index in [2.05, 4.69) is 5.32 Å². The molecule has 0 amide bonds. The Morgan fingerprint density at radius 3 is 2.43 bits per heavy atom. The van der Waals surface area contributed by atoms with Crippen LogP contribution in [0.1, 0.15) is 6.92 Å². The van der Waals surface area contributed by atoms with E-state index in [1.807, 2.05) is 14.0 Å². The van der Waals surface area contributed by atoms with Crippen LogP contribution in [0.4, 0.5) is 0 Å². The molecule has 0 aromatic heterocycles. The van der Waals surface area contributed by atoms with Crippen LogP contribution in [0.15, 0.2) is 29.2 Å². The van der Waals surface area contributed by atoms with Gasteiger partial charge in [-0.15, -0.1) is 0 Å². The Bertz CT molecular complexity index is 502. The quantitative estimate of drug-likeness (QED) is 0.651. The van der Waals surface area contributed by atoms with Crippen LogP contribution in [-0.4, -0.2) is 59.7 Å². The Morgan fingerprint density at radius 1 is 1.19 bits per heavy atom. The molecule has 0 heterocycles. The lowest BCUT2D eigenvalue weighted by Gasteiger charge is -2.17.